The maximum Gasteiger partial charge on any atom is 0.270 e. The molecule has 2 aromatic heterocycles. The van der Waals surface area contributed by atoms with Crippen LogP contribution in [0, 0.1) is 18.2 Å². The second-order valence-electron chi connectivity index (χ2n) is 9.67. The molecule has 7 nitrogen and oxygen atoms in total. The fourth-order valence-corrected chi connectivity index (χ4v) is 5.37. The van der Waals surface area contributed by atoms with Crippen LogP contribution >= 0.6 is 0 Å². The molecule has 4 aromatic rings. The summed E-state index contributed by atoms with van der Waals surface area (Å²) in [5.41, 5.74) is 9.81. The molecule has 0 spiro atoms. The molecule has 2 N–H and O–H groups in total. The van der Waals surface area contributed by atoms with E-state index in [-0.39, 0.29) is 41.1 Å². The molecule has 3 heterocycles. The minimum Gasteiger partial charge on any atom is -0.362 e. The highest BCUT2D eigenvalue weighted by atomic mass is 19.1. The van der Waals surface area contributed by atoms with Crippen molar-refractivity contribution in [2.24, 2.45) is 12.8 Å². The van der Waals surface area contributed by atoms with Crippen molar-refractivity contribution in [2.75, 3.05) is 24.5 Å². The molecular weight excluding hydrogens is 486 g/mol. The number of anilines is 1. The summed E-state index contributed by atoms with van der Waals surface area (Å²) in [6, 6.07) is 17.1. The van der Waals surface area contributed by atoms with Crippen LogP contribution in [0.2, 0.25) is 0 Å². The van der Waals surface area contributed by atoms with Crippen molar-refractivity contribution in [1.82, 2.24) is 14.5 Å². The number of fused-ring (bicyclic) bond motifs is 1. The summed E-state index contributed by atoms with van der Waals surface area (Å²) in [6.45, 7) is 10.9. The van der Waals surface area contributed by atoms with E-state index in [1.54, 1.807) is 49.5 Å². The molecule has 1 saturated heterocycles. The second kappa shape index (κ2) is 10.3. The van der Waals surface area contributed by atoms with E-state index < -0.39 is 0 Å². The molecule has 0 amide bonds. The van der Waals surface area contributed by atoms with Gasteiger partial charge >= 0.3 is 0 Å². The predicted octanol–water partition coefficient (Wildman–Crippen LogP) is 4.39. The molecular formula is C29H28F2N6O. The van der Waals surface area contributed by atoms with E-state index in [0.29, 0.717) is 36.4 Å². The van der Waals surface area contributed by atoms with Crippen molar-refractivity contribution in [3.05, 3.63) is 111 Å². The SMILES string of the molecule is [C-]#[N+]c1ccc2c(n1)c(N1C[C@@H](CN)N(C(c3ccc(F)cc3)c3ccc(F)cc3)C[C@@H]1C)cc(=O)n2C. The van der Waals surface area contributed by atoms with Crippen molar-refractivity contribution in [3.63, 3.8) is 0 Å². The van der Waals surface area contributed by atoms with Gasteiger partial charge in [0, 0.05) is 44.8 Å². The molecule has 0 saturated carbocycles. The Morgan fingerprint density at radius 3 is 2.18 bits per heavy atom. The highest BCUT2D eigenvalue weighted by Gasteiger charge is 2.37. The molecule has 1 fully saturated rings. The molecule has 5 rings (SSSR count). The number of benzene rings is 2. The Kier molecular flexibility index (Phi) is 6.93. The van der Waals surface area contributed by atoms with Gasteiger partial charge in [-0.15, -0.1) is 4.98 Å². The van der Waals surface area contributed by atoms with Crippen LogP contribution in [0.25, 0.3) is 15.9 Å². The predicted molar refractivity (Wildman–Crippen MR) is 144 cm³/mol. The number of pyridine rings is 2. The molecule has 9 heteroatoms. The first kappa shape index (κ1) is 25.5. The van der Waals surface area contributed by atoms with Gasteiger partial charge in [0.15, 0.2) is 0 Å². The highest BCUT2D eigenvalue weighted by molar-refractivity contribution is 5.89. The summed E-state index contributed by atoms with van der Waals surface area (Å²) in [4.78, 5) is 25.3. The van der Waals surface area contributed by atoms with Crippen LogP contribution in [0.4, 0.5) is 20.3 Å². The zero-order chi connectivity index (χ0) is 27.0. The Hall–Kier alpha value is -4.13. The third kappa shape index (κ3) is 4.64. The van der Waals surface area contributed by atoms with Gasteiger partial charge in [0.25, 0.3) is 11.4 Å². The normalized spacial score (nSPS) is 18.2. The van der Waals surface area contributed by atoms with Crippen LogP contribution in [0.5, 0.6) is 0 Å². The lowest BCUT2D eigenvalue weighted by Gasteiger charge is -2.49. The van der Waals surface area contributed by atoms with Crippen LogP contribution in [-0.2, 0) is 7.05 Å². The molecule has 194 valence electrons. The van der Waals surface area contributed by atoms with Gasteiger partial charge < -0.3 is 20.0 Å². The molecule has 1 aliphatic rings. The van der Waals surface area contributed by atoms with E-state index in [4.69, 9.17) is 12.3 Å². The summed E-state index contributed by atoms with van der Waals surface area (Å²) in [6.07, 6.45) is 0. The quantitative estimate of drug-likeness (QED) is 0.400. The summed E-state index contributed by atoms with van der Waals surface area (Å²) in [5, 5.41) is 0. The lowest BCUT2D eigenvalue weighted by atomic mass is 9.93. The van der Waals surface area contributed by atoms with Crippen LogP contribution in [-0.4, -0.2) is 46.2 Å². The van der Waals surface area contributed by atoms with E-state index in [1.165, 1.54) is 28.8 Å². The Morgan fingerprint density at radius 2 is 1.63 bits per heavy atom. The molecule has 1 aliphatic heterocycles. The van der Waals surface area contributed by atoms with Crippen molar-refractivity contribution in [1.29, 1.82) is 0 Å². The van der Waals surface area contributed by atoms with E-state index in [1.807, 2.05) is 0 Å². The Labute approximate surface area is 219 Å². The summed E-state index contributed by atoms with van der Waals surface area (Å²) in [5.74, 6) is -0.403. The number of piperazine rings is 1. The number of aryl methyl sites for hydroxylation is 1. The van der Waals surface area contributed by atoms with Crippen molar-refractivity contribution in [3.8, 4) is 0 Å². The largest absolute Gasteiger partial charge is 0.362 e. The monoisotopic (exact) mass is 514 g/mol. The van der Waals surface area contributed by atoms with Gasteiger partial charge in [-0.25, -0.2) is 8.78 Å². The van der Waals surface area contributed by atoms with Gasteiger partial charge in [0.1, 0.15) is 11.6 Å². The van der Waals surface area contributed by atoms with Crippen molar-refractivity contribution >= 4 is 22.5 Å². The summed E-state index contributed by atoms with van der Waals surface area (Å²) < 4.78 is 29.1. The zero-order valence-electron chi connectivity index (χ0n) is 21.2. The number of nitrogens with two attached hydrogens (primary N) is 1. The molecule has 0 aliphatic carbocycles. The average molecular weight is 515 g/mol. The number of halogens is 2. The average Bonchev–Trinajstić information content (AvgIpc) is 2.93. The fourth-order valence-electron chi connectivity index (χ4n) is 5.37. The molecule has 2 atom stereocenters. The highest BCUT2D eigenvalue weighted by Crippen LogP contribution is 2.36. The topological polar surface area (TPSA) is 71.8 Å². The molecule has 0 bridgehead atoms. The molecule has 0 unspecified atom stereocenters. The van der Waals surface area contributed by atoms with E-state index in [9.17, 15) is 13.6 Å². The minimum atomic E-state index is -0.330. The Morgan fingerprint density at radius 1 is 1.03 bits per heavy atom. The maximum absolute atomic E-state index is 13.8. The van der Waals surface area contributed by atoms with Gasteiger partial charge in [0.2, 0.25) is 5.52 Å². The van der Waals surface area contributed by atoms with Gasteiger partial charge in [0.05, 0.1) is 17.2 Å². The Bertz CT molecular complexity index is 1520. The summed E-state index contributed by atoms with van der Waals surface area (Å²) >= 11 is 0. The number of rotatable bonds is 5. The molecule has 38 heavy (non-hydrogen) atoms. The standard InChI is InChI=1S/C29H28F2N6O/c1-18-16-37(29(19-4-8-21(30)9-5-19)20-6-10-22(31)11-7-20)23(15-32)17-36(18)25-14-27(38)35(3)24-12-13-26(33-2)34-28(24)25/h4-14,18,23,29H,15-17,32H2,1,3H3/t18-,23+/m0/s1. The van der Waals surface area contributed by atoms with Gasteiger partial charge in [-0.2, -0.15) is 0 Å². The first-order chi connectivity index (χ1) is 18.3. The van der Waals surface area contributed by atoms with Gasteiger partial charge in [-0.1, -0.05) is 30.8 Å². The van der Waals surface area contributed by atoms with E-state index in [0.717, 1.165) is 11.1 Å². The number of aromatic nitrogens is 2. The lowest BCUT2D eigenvalue weighted by Crippen LogP contribution is -2.60. The van der Waals surface area contributed by atoms with E-state index in [2.05, 4.69) is 26.6 Å². The van der Waals surface area contributed by atoms with Crippen LogP contribution in [0.15, 0.2) is 71.5 Å². The maximum atomic E-state index is 13.8. The third-order valence-electron chi connectivity index (χ3n) is 7.34. The number of hydrogen-bond acceptors (Lipinski definition) is 5. The molecule has 2 aromatic carbocycles. The second-order valence-corrected chi connectivity index (χ2v) is 9.67. The van der Waals surface area contributed by atoms with Gasteiger partial charge in [-0.3, -0.25) is 9.69 Å². The van der Waals surface area contributed by atoms with Crippen LogP contribution in [0.1, 0.15) is 24.1 Å². The van der Waals surface area contributed by atoms with Gasteiger partial charge in [-0.05, 0) is 54.4 Å². The van der Waals surface area contributed by atoms with Crippen LogP contribution < -0.4 is 16.2 Å². The van der Waals surface area contributed by atoms with Crippen molar-refractivity contribution < 1.29 is 8.78 Å². The minimum absolute atomic E-state index is 0.0603. The smallest absolute Gasteiger partial charge is 0.270 e. The first-order valence-corrected chi connectivity index (χ1v) is 12.4. The lowest BCUT2D eigenvalue weighted by molar-refractivity contribution is 0.123. The number of nitrogens with zero attached hydrogens (tertiary/aromatic N) is 5. The zero-order valence-corrected chi connectivity index (χ0v) is 21.2. The van der Waals surface area contributed by atoms with E-state index >= 15 is 0 Å². The number of hydrogen-bond donors (Lipinski definition) is 1. The van der Waals surface area contributed by atoms with Crippen molar-refractivity contribution in [2.45, 2.75) is 25.0 Å². The first-order valence-electron chi connectivity index (χ1n) is 12.4. The Balaban J connectivity index is 1.58. The molecule has 0 radical (unpaired) electrons. The van der Waals surface area contributed by atoms with Crippen LogP contribution in [0.3, 0.4) is 0 Å². The summed E-state index contributed by atoms with van der Waals surface area (Å²) in [7, 11) is 1.69. The fraction of sp³-hybridized carbons (Fsp3) is 0.276. The third-order valence-corrected chi connectivity index (χ3v) is 7.34.